The Balaban J connectivity index is 1.97. The molecule has 144 valence electrons. The molecule has 5 nitrogen and oxygen atoms in total. The predicted octanol–water partition coefficient (Wildman–Crippen LogP) is 5.14. The van der Waals surface area contributed by atoms with E-state index in [0.29, 0.717) is 6.73 Å². The van der Waals surface area contributed by atoms with Gasteiger partial charge in [0.25, 0.3) is 0 Å². The minimum atomic E-state index is -1.11. The first-order valence-electron chi connectivity index (χ1n) is 9.03. The summed E-state index contributed by atoms with van der Waals surface area (Å²) in [5, 5.41) is 2.04. The van der Waals surface area contributed by atoms with Crippen LogP contribution in [0.5, 0.6) is 5.75 Å². The number of aromatic nitrogens is 3. The van der Waals surface area contributed by atoms with Crippen LogP contribution in [0.25, 0.3) is 22.3 Å². The van der Waals surface area contributed by atoms with Crippen molar-refractivity contribution >= 4 is 30.9 Å². The average molecular weight is 402 g/mol. The van der Waals surface area contributed by atoms with Crippen molar-refractivity contribution < 1.29 is 9.47 Å². The third-order valence-electron chi connectivity index (χ3n) is 4.45. The van der Waals surface area contributed by atoms with Crippen LogP contribution in [-0.4, -0.2) is 42.6 Å². The molecule has 27 heavy (non-hydrogen) atoms. The molecule has 0 fully saturated rings. The number of benzene rings is 1. The van der Waals surface area contributed by atoms with Gasteiger partial charge in [-0.05, 0) is 48.2 Å². The number of fused-ring (bicyclic) bond motifs is 1. The van der Waals surface area contributed by atoms with Crippen molar-refractivity contribution in [3.63, 3.8) is 0 Å². The fraction of sp³-hybridized carbons (Fsp3) is 0.400. The van der Waals surface area contributed by atoms with E-state index in [9.17, 15) is 0 Å². The third kappa shape index (κ3) is 4.72. The fourth-order valence-corrected chi connectivity index (χ4v) is 4.15. The Morgan fingerprint density at radius 3 is 2.48 bits per heavy atom. The molecule has 0 saturated heterocycles. The molecule has 2 heterocycles. The molecule has 0 spiro atoms. The zero-order valence-electron chi connectivity index (χ0n) is 16.7. The summed E-state index contributed by atoms with van der Waals surface area (Å²) in [4.78, 5) is 8.95. The normalized spacial score (nSPS) is 11.9. The van der Waals surface area contributed by atoms with Gasteiger partial charge in [0.05, 0.1) is 18.2 Å². The van der Waals surface area contributed by atoms with Crippen LogP contribution in [0, 0.1) is 0 Å². The van der Waals surface area contributed by atoms with Crippen LogP contribution >= 0.6 is 11.8 Å². The molecular formula is C20H27N3O2SSi. The van der Waals surface area contributed by atoms with Crippen molar-refractivity contribution in [1.29, 1.82) is 0 Å². The fourth-order valence-electron chi connectivity index (χ4n) is 2.87. The van der Waals surface area contributed by atoms with Gasteiger partial charge in [0.2, 0.25) is 0 Å². The Bertz CT molecular complexity index is 904. The molecule has 0 aliphatic heterocycles. The van der Waals surface area contributed by atoms with Crippen LogP contribution < -0.4 is 4.74 Å². The van der Waals surface area contributed by atoms with E-state index >= 15 is 0 Å². The largest absolute Gasteiger partial charge is 0.497 e. The van der Waals surface area contributed by atoms with Gasteiger partial charge in [0.1, 0.15) is 29.5 Å². The predicted molar refractivity (Wildman–Crippen MR) is 115 cm³/mol. The lowest BCUT2D eigenvalue weighted by atomic mass is 10.1. The zero-order chi connectivity index (χ0) is 19.4. The molecule has 1 aromatic carbocycles. The zero-order valence-corrected chi connectivity index (χ0v) is 18.5. The number of thioether (sulfide) groups is 1. The number of methoxy groups -OCH3 is 1. The van der Waals surface area contributed by atoms with Crippen molar-refractivity contribution in [2.75, 3.05) is 20.0 Å². The first-order valence-corrected chi connectivity index (χ1v) is 14.0. The minimum Gasteiger partial charge on any atom is -0.497 e. The van der Waals surface area contributed by atoms with Crippen molar-refractivity contribution in [2.24, 2.45) is 0 Å². The lowest BCUT2D eigenvalue weighted by Crippen LogP contribution is -2.22. The van der Waals surface area contributed by atoms with Gasteiger partial charge in [0.15, 0.2) is 0 Å². The highest BCUT2D eigenvalue weighted by Crippen LogP contribution is 2.32. The molecule has 0 N–H and O–H groups in total. The van der Waals surface area contributed by atoms with E-state index in [1.807, 2.05) is 18.4 Å². The van der Waals surface area contributed by atoms with E-state index in [1.54, 1.807) is 25.2 Å². The van der Waals surface area contributed by atoms with Crippen LogP contribution in [0.15, 0.2) is 41.7 Å². The van der Waals surface area contributed by atoms with E-state index in [2.05, 4.69) is 52.4 Å². The first kappa shape index (κ1) is 19.9. The molecule has 0 amide bonds. The monoisotopic (exact) mass is 401 g/mol. The number of hydrogen-bond acceptors (Lipinski definition) is 5. The van der Waals surface area contributed by atoms with Gasteiger partial charge >= 0.3 is 0 Å². The Hall–Kier alpha value is -1.83. The van der Waals surface area contributed by atoms with Gasteiger partial charge in [-0.3, -0.25) is 0 Å². The highest BCUT2D eigenvalue weighted by atomic mass is 32.2. The van der Waals surface area contributed by atoms with Gasteiger partial charge < -0.3 is 14.0 Å². The van der Waals surface area contributed by atoms with Gasteiger partial charge in [0, 0.05) is 14.7 Å². The number of nitrogens with zero attached hydrogens (tertiary/aromatic N) is 3. The van der Waals surface area contributed by atoms with Crippen molar-refractivity contribution in [3.05, 3.63) is 36.7 Å². The van der Waals surface area contributed by atoms with Crippen LogP contribution in [0.4, 0.5) is 0 Å². The molecule has 3 rings (SSSR count). The van der Waals surface area contributed by atoms with Crippen molar-refractivity contribution in [1.82, 2.24) is 14.5 Å². The van der Waals surface area contributed by atoms with E-state index in [0.717, 1.165) is 45.7 Å². The standard InChI is InChI=1S/C20H27N3O2SSi/c1-24-16-8-6-15(7-9-16)18-12-17-19(21-13-22-20(17)26-2)23(18)14-25-10-11-27(3,4)5/h6-9,12-13H,10-11,14H2,1-5H3. The molecule has 0 unspecified atom stereocenters. The second-order valence-electron chi connectivity index (χ2n) is 7.65. The average Bonchev–Trinajstić information content (AvgIpc) is 3.03. The highest BCUT2D eigenvalue weighted by molar-refractivity contribution is 7.98. The summed E-state index contributed by atoms with van der Waals surface area (Å²) in [6.07, 6.45) is 3.67. The lowest BCUT2D eigenvalue weighted by molar-refractivity contribution is 0.0909. The van der Waals surface area contributed by atoms with Gasteiger partial charge in [-0.1, -0.05) is 19.6 Å². The Morgan fingerprint density at radius 2 is 1.85 bits per heavy atom. The van der Waals surface area contributed by atoms with E-state index in [1.165, 1.54) is 0 Å². The molecule has 0 atom stereocenters. The molecule has 0 saturated carbocycles. The summed E-state index contributed by atoms with van der Waals surface area (Å²) in [7, 11) is 0.566. The lowest BCUT2D eigenvalue weighted by Gasteiger charge is -2.16. The molecule has 3 aromatic rings. The molecule has 0 aliphatic carbocycles. The van der Waals surface area contributed by atoms with Gasteiger partial charge in [-0.25, -0.2) is 9.97 Å². The quantitative estimate of drug-likeness (QED) is 0.226. The topological polar surface area (TPSA) is 49.2 Å². The first-order chi connectivity index (χ1) is 12.9. The summed E-state index contributed by atoms with van der Waals surface area (Å²) >= 11 is 1.63. The minimum absolute atomic E-state index is 0.486. The maximum absolute atomic E-state index is 6.05. The second-order valence-corrected chi connectivity index (χ2v) is 14.1. The molecule has 0 radical (unpaired) electrons. The highest BCUT2D eigenvalue weighted by Gasteiger charge is 2.16. The summed E-state index contributed by atoms with van der Waals surface area (Å²) in [5.74, 6) is 0.845. The third-order valence-corrected chi connectivity index (χ3v) is 6.87. The number of rotatable bonds is 8. The molecule has 7 heteroatoms. The molecular weight excluding hydrogens is 374 g/mol. The summed E-state index contributed by atoms with van der Waals surface area (Å²) in [6.45, 7) is 8.35. The SMILES string of the molecule is COc1ccc(-c2cc3c(SC)ncnc3n2COCC[Si](C)(C)C)cc1. The molecule has 0 aliphatic rings. The van der Waals surface area contributed by atoms with E-state index in [4.69, 9.17) is 9.47 Å². The summed E-state index contributed by atoms with van der Waals surface area (Å²) < 4.78 is 13.5. The number of hydrogen-bond donors (Lipinski definition) is 0. The second kappa shape index (κ2) is 8.46. The molecule has 0 bridgehead atoms. The Kier molecular flexibility index (Phi) is 6.24. The smallest absolute Gasteiger partial charge is 0.146 e. The Labute approximate surface area is 166 Å². The van der Waals surface area contributed by atoms with Crippen molar-refractivity contribution in [2.45, 2.75) is 37.4 Å². The van der Waals surface area contributed by atoms with E-state index in [-0.39, 0.29) is 0 Å². The van der Waals surface area contributed by atoms with E-state index < -0.39 is 8.07 Å². The van der Waals surface area contributed by atoms with Crippen LogP contribution in [0.1, 0.15) is 0 Å². The Morgan fingerprint density at radius 1 is 1.11 bits per heavy atom. The van der Waals surface area contributed by atoms with Crippen LogP contribution in [0.3, 0.4) is 0 Å². The summed E-state index contributed by atoms with van der Waals surface area (Å²) in [5.41, 5.74) is 3.10. The van der Waals surface area contributed by atoms with Crippen LogP contribution in [0.2, 0.25) is 25.7 Å². The van der Waals surface area contributed by atoms with Crippen LogP contribution in [-0.2, 0) is 11.5 Å². The van der Waals surface area contributed by atoms with Gasteiger partial charge in [-0.2, -0.15) is 0 Å². The maximum Gasteiger partial charge on any atom is 0.146 e. The van der Waals surface area contributed by atoms with Gasteiger partial charge in [-0.15, -0.1) is 11.8 Å². The number of ether oxygens (including phenoxy) is 2. The molecule has 2 aromatic heterocycles. The maximum atomic E-state index is 6.05. The van der Waals surface area contributed by atoms with Crippen molar-refractivity contribution in [3.8, 4) is 17.0 Å². The summed E-state index contributed by atoms with van der Waals surface area (Å²) in [6, 6.07) is 11.4.